The lowest BCUT2D eigenvalue weighted by atomic mass is 9.78. The predicted octanol–water partition coefficient (Wildman–Crippen LogP) is 4.60. The molecule has 0 aliphatic heterocycles. The van der Waals surface area contributed by atoms with Crippen molar-refractivity contribution in [2.24, 2.45) is 11.8 Å². The maximum absolute atomic E-state index is 6.33. The first-order valence-corrected chi connectivity index (χ1v) is 7.72. The fraction of sp³-hybridized carbons (Fsp3) is 0.500. The van der Waals surface area contributed by atoms with Crippen LogP contribution in [0.3, 0.4) is 0 Å². The van der Waals surface area contributed by atoms with Gasteiger partial charge in [-0.05, 0) is 29.9 Å². The van der Waals surface area contributed by atoms with Crippen molar-refractivity contribution >= 4 is 11.6 Å². The molecule has 0 spiro atoms. The van der Waals surface area contributed by atoms with Gasteiger partial charge in [0.25, 0.3) is 0 Å². The van der Waals surface area contributed by atoms with Crippen LogP contribution in [0.25, 0.3) is 11.4 Å². The lowest BCUT2D eigenvalue weighted by Crippen LogP contribution is -2.27. The van der Waals surface area contributed by atoms with Gasteiger partial charge in [0.2, 0.25) is 5.28 Å². The van der Waals surface area contributed by atoms with Crippen LogP contribution in [0.1, 0.15) is 39.2 Å². The SMILES string of the molecule is CC1CCCC(n2c(Cl)nnc2-c2ccccc2)C1C. The zero-order valence-electron chi connectivity index (χ0n) is 12.0. The summed E-state index contributed by atoms with van der Waals surface area (Å²) in [5.41, 5.74) is 1.08. The molecular formula is C16H20ClN3. The Labute approximate surface area is 125 Å². The Kier molecular flexibility index (Phi) is 3.79. The van der Waals surface area contributed by atoms with Crippen molar-refractivity contribution in [3.05, 3.63) is 35.6 Å². The highest BCUT2D eigenvalue weighted by molar-refractivity contribution is 6.28. The Morgan fingerprint density at radius 2 is 1.85 bits per heavy atom. The van der Waals surface area contributed by atoms with E-state index in [2.05, 4.69) is 40.7 Å². The minimum Gasteiger partial charge on any atom is -0.294 e. The smallest absolute Gasteiger partial charge is 0.225 e. The lowest BCUT2D eigenvalue weighted by molar-refractivity contribution is 0.187. The molecule has 2 aromatic rings. The van der Waals surface area contributed by atoms with Gasteiger partial charge in [0, 0.05) is 11.6 Å². The normalized spacial score (nSPS) is 26.6. The van der Waals surface area contributed by atoms with Crippen molar-refractivity contribution in [1.29, 1.82) is 0 Å². The summed E-state index contributed by atoms with van der Waals surface area (Å²) in [6.07, 6.45) is 3.71. The molecule has 0 radical (unpaired) electrons. The molecule has 1 aliphatic rings. The van der Waals surface area contributed by atoms with E-state index in [-0.39, 0.29) is 0 Å². The van der Waals surface area contributed by atoms with Gasteiger partial charge in [-0.2, -0.15) is 0 Å². The standard InChI is InChI=1S/C16H20ClN3/c1-11-7-6-10-14(12(11)2)20-15(18-19-16(20)17)13-8-4-3-5-9-13/h3-5,8-9,11-12,14H,6-7,10H2,1-2H3. The van der Waals surface area contributed by atoms with Crippen LogP contribution >= 0.6 is 11.6 Å². The highest BCUT2D eigenvalue weighted by Gasteiger charge is 2.31. The molecule has 3 rings (SSSR count). The topological polar surface area (TPSA) is 30.7 Å². The van der Waals surface area contributed by atoms with Crippen LogP contribution in [0.15, 0.2) is 30.3 Å². The molecule has 1 aromatic heterocycles. The molecule has 1 aromatic carbocycles. The van der Waals surface area contributed by atoms with Crippen LogP contribution in [0, 0.1) is 11.8 Å². The van der Waals surface area contributed by atoms with E-state index >= 15 is 0 Å². The fourth-order valence-electron chi connectivity index (χ4n) is 3.27. The molecule has 0 amide bonds. The minimum atomic E-state index is 0.399. The molecule has 1 fully saturated rings. The highest BCUT2D eigenvalue weighted by Crippen LogP contribution is 2.40. The molecule has 4 heteroatoms. The van der Waals surface area contributed by atoms with E-state index in [0.717, 1.165) is 23.7 Å². The number of aromatic nitrogens is 3. The molecule has 3 atom stereocenters. The third-order valence-corrected chi connectivity index (χ3v) is 4.94. The van der Waals surface area contributed by atoms with Gasteiger partial charge < -0.3 is 0 Å². The average Bonchev–Trinajstić information content (AvgIpc) is 2.85. The molecule has 1 saturated carbocycles. The first-order valence-electron chi connectivity index (χ1n) is 7.34. The third-order valence-electron chi connectivity index (χ3n) is 4.68. The number of hydrogen-bond donors (Lipinski definition) is 0. The largest absolute Gasteiger partial charge is 0.294 e. The highest BCUT2D eigenvalue weighted by atomic mass is 35.5. The van der Waals surface area contributed by atoms with Crippen LogP contribution in [-0.4, -0.2) is 14.8 Å². The van der Waals surface area contributed by atoms with Crippen LogP contribution in [0.4, 0.5) is 0 Å². The molecule has 0 bridgehead atoms. The molecular weight excluding hydrogens is 270 g/mol. The maximum atomic E-state index is 6.33. The Bertz CT molecular complexity index is 579. The molecule has 3 nitrogen and oxygen atoms in total. The molecule has 1 heterocycles. The Morgan fingerprint density at radius 3 is 2.60 bits per heavy atom. The lowest BCUT2D eigenvalue weighted by Gasteiger charge is -2.35. The Hall–Kier alpha value is -1.35. The van der Waals surface area contributed by atoms with Crippen LogP contribution in [0.5, 0.6) is 0 Å². The fourth-order valence-corrected chi connectivity index (χ4v) is 3.51. The quantitative estimate of drug-likeness (QED) is 0.809. The molecule has 20 heavy (non-hydrogen) atoms. The second-order valence-corrected chi connectivity index (χ2v) is 6.20. The van der Waals surface area contributed by atoms with E-state index in [1.54, 1.807) is 0 Å². The minimum absolute atomic E-state index is 0.399. The summed E-state index contributed by atoms with van der Waals surface area (Å²) < 4.78 is 2.14. The van der Waals surface area contributed by atoms with Crippen LogP contribution in [-0.2, 0) is 0 Å². The van der Waals surface area contributed by atoms with Gasteiger partial charge in [-0.15, -0.1) is 10.2 Å². The number of nitrogens with zero attached hydrogens (tertiary/aromatic N) is 3. The second kappa shape index (κ2) is 5.57. The third kappa shape index (κ3) is 2.35. The second-order valence-electron chi connectivity index (χ2n) is 5.86. The zero-order chi connectivity index (χ0) is 14.1. The van der Waals surface area contributed by atoms with Crippen LogP contribution in [0.2, 0.25) is 5.28 Å². The molecule has 3 unspecified atom stereocenters. The van der Waals surface area contributed by atoms with Crippen molar-refractivity contribution in [2.75, 3.05) is 0 Å². The van der Waals surface area contributed by atoms with Crippen molar-refractivity contribution in [3.8, 4) is 11.4 Å². The summed E-state index contributed by atoms with van der Waals surface area (Å²) >= 11 is 6.33. The first-order chi connectivity index (χ1) is 9.68. The summed E-state index contributed by atoms with van der Waals surface area (Å²) in [4.78, 5) is 0. The summed E-state index contributed by atoms with van der Waals surface area (Å²) in [5.74, 6) is 2.21. The molecule has 106 valence electrons. The van der Waals surface area contributed by atoms with Gasteiger partial charge in [0.05, 0.1) is 0 Å². The summed E-state index contributed by atoms with van der Waals surface area (Å²) in [6, 6.07) is 10.6. The zero-order valence-corrected chi connectivity index (χ0v) is 12.7. The number of rotatable bonds is 2. The van der Waals surface area contributed by atoms with Crippen molar-refractivity contribution in [1.82, 2.24) is 14.8 Å². The monoisotopic (exact) mass is 289 g/mol. The number of hydrogen-bond acceptors (Lipinski definition) is 2. The van der Waals surface area contributed by atoms with Gasteiger partial charge >= 0.3 is 0 Å². The van der Waals surface area contributed by atoms with Crippen molar-refractivity contribution in [3.63, 3.8) is 0 Å². The summed E-state index contributed by atoms with van der Waals surface area (Å²) in [5, 5.41) is 8.92. The first kappa shape index (κ1) is 13.6. The van der Waals surface area contributed by atoms with Gasteiger partial charge in [-0.3, -0.25) is 4.57 Å². The van der Waals surface area contributed by atoms with Crippen molar-refractivity contribution in [2.45, 2.75) is 39.2 Å². The van der Waals surface area contributed by atoms with Gasteiger partial charge in [0.15, 0.2) is 5.82 Å². The molecule has 0 N–H and O–H groups in total. The van der Waals surface area contributed by atoms with Gasteiger partial charge in [0.1, 0.15) is 0 Å². The average molecular weight is 290 g/mol. The maximum Gasteiger partial charge on any atom is 0.225 e. The van der Waals surface area contributed by atoms with Crippen LogP contribution < -0.4 is 0 Å². The van der Waals surface area contributed by atoms with E-state index in [0.29, 0.717) is 17.2 Å². The Morgan fingerprint density at radius 1 is 1.10 bits per heavy atom. The Balaban J connectivity index is 2.03. The predicted molar refractivity (Wildman–Crippen MR) is 81.7 cm³/mol. The van der Waals surface area contributed by atoms with E-state index in [1.165, 1.54) is 12.8 Å². The number of halogens is 1. The van der Waals surface area contributed by atoms with E-state index in [9.17, 15) is 0 Å². The summed E-state index contributed by atoms with van der Waals surface area (Å²) in [7, 11) is 0. The van der Waals surface area contributed by atoms with E-state index < -0.39 is 0 Å². The van der Waals surface area contributed by atoms with E-state index in [4.69, 9.17) is 11.6 Å². The molecule has 1 aliphatic carbocycles. The van der Waals surface area contributed by atoms with E-state index in [1.807, 2.05) is 18.2 Å². The number of benzene rings is 1. The van der Waals surface area contributed by atoms with Gasteiger partial charge in [-0.1, -0.05) is 57.0 Å². The van der Waals surface area contributed by atoms with Gasteiger partial charge in [-0.25, -0.2) is 0 Å². The van der Waals surface area contributed by atoms with Crippen molar-refractivity contribution < 1.29 is 0 Å². The summed E-state index contributed by atoms with van der Waals surface area (Å²) in [6.45, 7) is 4.65. The molecule has 0 saturated heterocycles.